The van der Waals surface area contributed by atoms with E-state index in [0.29, 0.717) is 24.4 Å². The van der Waals surface area contributed by atoms with Gasteiger partial charge in [-0.2, -0.15) is 0 Å². The average Bonchev–Trinajstić information content (AvgIpc) is 2.91. The van der Waals surface area contributed by atoms with Gasteiger partial charge in [-0.1, -0.05) is 60.7 Å². The summed E-state index contributed by atoms with van der Waals surface area (Å²) in [4.78, 5) is 27.1. The topological polar surface area (TPSA) is 49.4 Å². The van der Waals surface area contributed by atoms with E-state index < -0.39 is 0 Å². The Morgan fingerprint density at radius 2 is 1.73 bits per heavy atom. The van der Waals surface area contributed by atoms with Gasteiger partial charge in [-0.3, -0.25) is 14.5 Å². The van der Waals surface area contributed by atoms with Crippen LogP contribution in [0, 0.1) is 0 Å². The number of nitrogens with one attached hydrogen (secondary N) is 1. The first-order valence-electron chi connectivity index (χ1n) is 8.29. The van der Waals surface area contributed by atoms with Gasteiger partial charge < -0.3 is 5.32 Å². The number of para-hydroxylation sites is 1. The number of hydrogen-bond donors (Lipinski definition) is 1. The first-order valence-corrected chi connectivity index (χ1v) is 9.51. The summed E-state index contributed by atoms with van der Waals surface area (Å²) in [6.07, 6.45) is 2.82. The number of rotatable bonds is 6. The monoisotopic (exact) mass is 382 g/mol. The predicted molar refractivity (Wildman–Crippen MR) is 111 cm³/mol. The number of thiocarbonyl (C=S) groups is 1. The maximum atomic E-state index is 12.2. The van der Waals surface area contributed by atoms with Gasteiger partial charge in [-0.15, -0.1) is 0 Å². The molecule has 0 bridgehead atoms. The van der Waals surface area contributed by atoms with Crippen molar-refractivity contribution in [1.29, 1.82) is 0 Å². The van der Waals surface area contributed by atoms with E-state index in [1.165, 1.54) is 0 Å². The standard InChI is InChI=1S/C20H18N2O2S2/c23-18(21-16-10-5-2-6-11-16)12-7-13-22-19(25)17(26-20(22)24)14-15-8-3-1-4-9-15/h1-6,8-11,14H,7,12-13H2,(H,21,23)/b17-14-. The maximum Gasteiger partial charge on any atom is 0.291 e. The van der Waals surface area contributed by atoms with Gasteiger partial charge in [0.1, 0.15) is 4.99 Å². The Morgan fingerprint density at radius 3 is 2.42 bits per heavy atom. The van der Waals surface area contributed by atoms with Crippen LogP contribution in [0.5, 0.6) is 0 Å². The Labute approximate surface area is 162 Å². The molecule has 6 heteroatoms. The summed E-state index contributed by atoms with van der Waals surface area (Å²) in [7, 11) is 0. The van der Waals surface area contributed by atoms with E-state index in [2.05, 4.69) is 5.32 Å². The molecule has 1 fully saturated rings. The number of thioether (sulfide) groups is 1. The number of anilines is 1. The third-order valence-corrected chi connectivity index (χ3v) is 5.31. The average molecular weight is 383 g/mol. The molecule has 2 aromatic rings. The molecule has 1 saturated heterocycles. The maximum absolute atomic E-state index is 12.2. The Bertz CT molecular complexity index is 835. The lowest BCUT2D eigenvalue weighted by Crippen LogP contribution is -2.28. The largest absolute Gasteiger partial charge is 0.326 e. The molecule has 0 radical (unpaired) electrons. The molecule has 3 rings (SSSR count). The van der Waals surface area contributed by atoms with Crippen LogP contribution in [0.2, 0.25) is 0 Å². The highest BCUT2D eigenvalue weighted by atomic mass is 32.2. The van der Waals surface area contributed by atoms with Gasteiger partial charge in [-0.25, -0.2) is 0 Å². The van der Waals surface area contributed by atoms with Crippen LogP contribution in [0.3, 0.4) is 0 Å². The van der Waals surface area contributed by atoms with E-state index in [1.807, 2.05) is 66.7 Å². The lowest BCUT2D eigenvalue weighted by molar-refractivity contribution is -0.116. The fraction of sp³-hybridized carbons (Fsp3) is 0.150. The van der Waals surface area contributed by atoms with E-state index in [9.17, 15) is 9.59 Å². The highest BCUT2D eigenvalue weighted by molar-refractivity contribution is 8.19. The molecule has 0 aromatic heterocycles. The lowest BCUT2D eigenvalue weighted by Gasteiger charge is -2.14. The zero-order valence-corrected chi connectivity index (χ0v) is 15.7. The van der Waals surface area contributed by atoms with Gasteiger partial charge in [0.05, 0.1) is 4.91 Å². The summed E-state index contributed by atoms with van der Waals surface area (Å²) >= 11 is 6.58. The van der Waals surface area contributed by atoms with Crippen molar-refractivity contribution in [1.82, 2.24) is 4.90 Å². The van der Waals surface area contributed by atoms with Crippen molar-refractivity contribution in [2.24, 2.45) is 0 Å². The molecule has 1 aliphatic rings. The number of carbonyl (C=O) groups excluding carboxylic acids is 2. The molecule has 2 amide bonds. The third-order valence-electron chi connectivity index (χ3n) is 3.81. The molecule has 26 heavy (non-hydrogen) atoms. The Hall–Kier alpha value is -2.44. The lowest BCUT2D eigenvalue weighted by atomic mass is 10.2. The molecule has 1 aliphatic heterocycles. The number of hydrogen-bond acceptors (Lipinski definition) is 4. The number of nitrogens with zero attached hydrogens (tertiary/aromatic N) is 1. The zero-order valence-electron chi connectivity index (χ0n) is 14.1. The third kappa shape index (κ3) is 4.80. The van der Waals surface area contributed by atoms with Crippen LogP contribution in [0.25, 0.3) is 6.08 Å². The molecular weight excluding hydrogens is 364 g/mol. The van der Waals surface area contributed by atoms with Gasteiger partial charge in [0.25, 0.3) is 5.24 Å². The van der Waals surface area contributed by atoms with Crippen LogP contribution in [0.1, 0.15) is 18.4 Å². The van der Waals surface area contributed by atoms with Crippen LogP contribution in [0.15, 0.2) is 65.6 Å². The molecule has 1 N–H and O–H groups in total. The van der Waals surface area contributed by atoms with E-state index in [1.54, 1.807) is 4.90 Å². The minimum absolute atomic E-state index is 0.0681. The van der Waals surface area contributed by atoms with Gasteiger partial charge in [0, 0.05) is 18.7 Å². The summed E-state index contributed by atoms with van der Waals surface area (Å²) in [5.74, 6) is -0.0681. The number of benzene rings is 2. The molecule has 0 spiro atoms. The Kier molecular flexibility index (Phi) is 6.20. The SMILES string of the molecule is O=C(CCCN1C(=O)S/C(=C\c2ccccc2)C1=S)Nc1ccccc1. The quantitative estimate of drug-likeness (QED) is 0.568. The Balaban J connectivity index is 1.52. The second-order valence-corrected chi connectivity index (χ2v) is 7.14. The normalized spacial score (nSPS) is 15.5. The Morgan fingerprint density at radius 1 is 1.08 bits per heavy atom. The van der Waals surface area contributed by atoms with Crippen molar-refractivity contribution >= 4 is 51.9 Å². The van der Waals surface area contributed by atoms with Crippen LogP contribution >= 0.6 is 24.0 Å². The number of carbonyl (C=O) groups is 2. The molecule has 0 saturated carbocycles. The highest BCUT2D eigenvalue weighted by Gasteiger charge is 2.31. The van der Waals surface area contributed by atoms with Crippen molar-refractivity contribution in [3.05, 3.63) is 71.1 Å². The highest BCUT2D eigenvalue weighted by Crippen LogP contribution is 2.33. The van der Waals surface area contributed by atoms with Crippen LogP contribution in [0.4, 0.5) is 10.5 Å². The minimum Gasteiger partial charge on any atom is -0.326 e. The molecule has 0 unspecified atom stereocenters. The van der Waals surface area contributed by atoms with Crippen LogP contribution in [-0.2, 0) is 4.79 Å². The first-order chi connectivity index (χ1) is 12.6. The van der Waals surface area contributed by atoms with Crippen molar-refractivity contribution in [2.45, 2.75) is 12.8 Å². The van der Waals surface area contributed by atoms with E-state index in [4.69, 9.17) is 12.2 Å². The second-order valence-electron chi connectivity index (χ2n) is 5.76. The zero-order chi connectivity index (χ0) is 18.4. The summed E-state index contributed by atoms with van der Waals surface area (Å²) < 4.78 is 0. The van der Waals surface area contributed by atoms with Crippen molar-refractivity contribution in [3.63, 3.8) is 0 Å². The summed E-state index contributed by atoms with van der Waals surface area (Å²) in [5.41, 5.74) is 1.78. The molecule has 0 atom stereocenters. The van der Waals surface area contributed by atoms with Crippen molar-refractivity contribution < 1.29 is 9.59 Å². The molecule has 4 nitrogen and oxygen atoms in total. The first kappa shape index (κ1) is 18.4. The van der Waals surface area contributed by atoms with E-state index >= 15 is 0 Å². The fourth-order valence-corrected chi connectivity index (χ4v) is 3.83. The minimum atomic E-state index is -0.0827. The summed E-state index contributed by atoms with van der Waals surface area (Å²) in [6, 6.07) is 19.1. The molecule has 132 valence electrons. The predicted octanol–water partition coefficient (Wildman–Crippen LogP) is 4.94. The van der Waals surface area contributed by atoms with Crippen LogP contribution < -0.4 is 5.32 Å². The summed E-state index contributed by atoms with van der Waals surface area (Å²) in [6.45, 7) is 0.443. The molecule has 1 heterocycles. The molecular formula is C20H18N2O2S2. The van der Waals surface area contributed by atoms with Gasteiger partial charge in [0.2, 0.25) is 5.91 Å². The van der Waals surface area contributed by atoms with E-state index in [-0.39, 0.29) is 11.1 Å². The van der Waals surface area contributed by atoms with Gasteiger partial charge in [0.15, 0.2) is 0 Å². The van der Waals surface area contributed by atoms with Gasteiger partial charge >= 0.3 is 0 Å². The van der Waals surface area contributed by atoms with Crippen molar-refractivity contribution in [3.8, 4) is 0 Å². The number of amides is 2. The smallest absolute Gasteiger partial charge is 0.291 e. The fourth-order valence-electron chi connectivity index (χ4n) is 2.54. The van der Waals surface area contributed by atoms with Crippen molar-refractivity contribution in [2.75, 3.05) is 11.9 Å². The van der Waals surface area contributed by atoms with Gasteiger partial charge in [-0.05, 0) is 42.0 Å². The molecule has 0 aliphatic carbocycles. The second kappa shape index (κ2) is 8.78. The summed E-state index contributed by atoms with van der Waals surface area (Å²) in [5, 5.41) is 2.76. The van der Waals surface area contributed by atoms with Crippen LogP contribution in [-0.4, -0.2) is 27.6 Å². The molecule has 2 aromatic carbocycles. The van der Waals surface area contributed by atoms with E-state index in [0.717, 1.165) is 27.9 Å².